The molecule has 0 aliphatic rings. The maximum absolute atomic E-state index is 11.3. The molecular weight excluding hydrogens is 336 g/mol. The number of carboxylic acids is 4. The number of carboxylic acid groups (broad SMARTS) is 4. The molecule has 0 aliphatic carbocycles. The van der Waals surface area contributed by atoms with Crippen LogP contribution in [-0.4, -0.2) is 94.6 Å². The summed E-state index contributed by atoms with van der Waals surface area (Å²) < 4.78 is 4.11. The molecule has 0 saturated heterocycles. The molecule has 0 amide bonds. The zero-order valence-electron chi connectivity index (χ0n) is 11.0. The molecule has 0 aromatic rings. The molecule has 0 heterocycles. The van der Waals surface area contributed by atoms with E-state index in [4.69, 9.17) is 10.2 Å². The van der Waals surface area contributed by atoms with Crippen molar-refractivity contribution in [3.63, 3.8) is 0 Å². The van der Waals surface area contributed by atoms with E-state index in [2.05, 4.69) is 4.74 Å². The number of rotatable bonds is 9. The zero-order chi connectivity index (χ0) is 16.8. The molecule has 11 nitrogen and oxygen atoms in total. The fourth-order valence-electron chi connectivity index (χ4n) is 1.23. The van der Waals surface area contributed by atoms with Gasteiger partial charge in [0, 0.05) is 12.4 Å². The molecule has 0 aliphatic heterocycles. The Morgan fingerprint density at radius 2 is 1.55 bits per heavy atom. The summed E-state index contributed by atoms with van der Waals surface area (Å²) in [7, 11) is 0. The van der Waals surface area contributed by atoms with Crippen LogP contribution in [0.2, 0.25) is 0 Å². The van der Waals surface area contributed by atoms with Gasteiger partial charge in [-0.2, -0.15) is 0 Å². The van der Waals surface area contributed by atoms with Crippen molar-refractivity contribution in [1.82, 2.24) is 0 Å². The summed E-state index contributed by atoms with van der Waals surface area (Å²) in [4.78, 5) is 53.2. The first-order valence-corrected chi connectivity index (χ1v) is 5.25. The molecule has 118 valence electrons. The van der Waals surface area contributed by atoms with E-state index >= 15 is 0 Å². The summed E-state index contributed by atoms with van der Waals surface area (Å²) in [5, 5.41) is 47.3. The third-order valence-electron chi connectivity index (χ3n) is 2.17. The molecule has 3 N–H and O–H groups in total. The van der Waals surface area contributed by atoms with Gasteiger partial charge in [-0.3, -0.25) is 9.59 Å². The van der Waals surface area contributed by atoms with Gasteiger partial charge in [-0.15, -0.1) is 0 Å². The first-order valence-electron chi connectivity index (χ1n) is 5.25. The molecule has 22 heavy (non-hydrogen) atoms. The molecule has 12 heteroatoms. The second-order valence-corrected chi connectivity index (χ2v) is 3.96. The normalized spacial score (nSPS) is 13.9. The van der Waals surface area contributed by atoms with Crippen LogP contribution in [0, 0.1) is 0 Å². The monoisotopic (exact) mass is 346 g/mol. The van der Waals surface area contributed by atoms with Crippen LogP contribution in [0.5, 0.6) is 0 Å². The maximum atomic E-state index is 11.3. The van der Waals surface area contributed by atoms with Gasteiger partial charge in [0.1, 0.15) is 6.10 Å². The molecule has 0 aromatic heterocycles. The van der Waals surface area contributed by atoms with Crippen LogP contribution >= 0.6 is 0 Å². The van der Waals surface area contributed by atoms with Crippen LogP contribution in [0.15, 0.2) is 0 Å². The summed E-state index contributed by atoms with van der Waals surface area (Å²) >= 11 is 0. The second kappa shape index (κ2) is 9.56. The van der Waals surface area contributed by atoms with Crippen molar-refractivity contribution in [1.29, 1.82) is 0 Å². The number of hydrogen-bond acceptors (Lipinski definition) is 9. The van der Waals surface area contributed by atoms with E-state index in [0.29, 0.717) is 0 Å². The number of ether oxygens (including phenoxy) is 1. The standard InChI is InChI=1S/C10H12O11.Ca/c11-5(12)1-4(8(16)17)21-7(15)3-10(20,9(18)19)2-6(13)14;/h4,20H,1-3H2,(H,11,12)(H,13,14)(H,16,17)(H,18,19);/q;+2/p-2. The molecular formula is C10H10CaO11. The summed E-state index contributed by atoms with van der Waals surface area (Å²) in [5.74, 6) is -9.37. The van der Waals surface area contributed by atoms with Gasteiger partial charge < -0.3 is 39.9 Å². The van der Waals surface area contributed by atoms with Crippen molar-refractivity contribution in [2.75, 3.05) is 0 Å². The van der Waals surface area contributed by atoms with E-state index in [0.717, 1.165) is 0 Å². The van der Waals surface area contributed by atoms with Crippen LogP contribution < -0.4 is 10.2 Å². The smallest absolute Gasteiger partial charge is 0.550 e. The van der Waals surface area contributed by atoms with Crippen LogP contribution in [0.4, 0.5) is 0 Å². The van der Waals surface area contributed by atoms with Crippen LogP contribution in [0.3, 0.4) is 0 Å². The van der Waals surface area contributed by atoms with Crippen LogP contribution in [0.1, 0.15) is 19.3 Å². The quantitative estimate of drug-likeness (QED) is 0.267. The van der Waals surface area contributed by atoms with E-state index in [1.165, 1.54) is 0 Å². The first kappa shape index (κ1) is 22.8. The van der Waals surface area contributed by atoms with Crippen LogP contribution in [-0.2, 0) is 28.7 Å². The minimum Gasteiger partial charge on any atom is -0.550 e. The number of carbonyl (C=O) groups excluding carboxylic acids is 3. The van der Waals surface area contributed by atoms with E-state index in [1.54, 1.807) is 0 Å². The predicted octanol–water partition coefficient (Wildman–Crippen LogP) is -4.91. The number of esters is 1. The van der Waals surface area contributed by atoms with Crippen LogP contribution in [0.25, 0.3) is 0 Å². The van der Waals surface area contributed by atoms with E-state index < -0.39 is 60.8 Å². The largest absolute Gasteiger partial charge is 2.00 e. The third-order valence-corrected chi connectivity index (χ3v) is 2.17. The number of aliphatic carboxylic acids is 4. The average molecular weight is 346 g/mol. The van der Waals surface area contributed by atoms with Gasteiger partial charge in [0.25, 0.3) is 0 Å². The minimum atomic E-state index is -3.03. The Hall–Kier alpha value is -1.43. The van der Waals surface area contributed by atoms with Gasteiger partial charge in [0.2, 0.25) is 0 Å². The summed E-state index contributed by atoms with van der Waals surface area (Å²) in [6, 6.07) is 0. The number of aliphatic hydroxyl groups is 1. The third kappa shape index (κ3) is 8.12. The van der Waals surface area contributed by atoms with Gasteiger partial charge in [-0.1, -0.05) is 0 Å². The van der Waals surface area contributed by atoms with Gasteiger partial charge in [0.15, 0.2) is 5.60 Å². The predicted molar refractivity (Wildman–Crippen MR) is 59.7 cm³/mol. The Labute approximate surface area is 152 Å². The Morgan fingerprint density at radius 1 is 1.05 bits per heavy atom. The molecule has 0 spiro atoms. The maximum Gasteiger partial charge on any atom is 2.00 e. The zero-order valence-corrected chi connectivity index (χ0v) is 13.2. The van der Waals surface area contributed by atoms with E-state index in [1.807, 2.05) is 0 Å². The van der Waals surface area contributed by atoms with Crippen molar-refractivity contribution in [2.45, 2.75) is 31.0 Å². The summed E-state index contributed by atoms with van der Waals surface area (Å²) in [6.45, 7) is 0. The van der Waals surface area contributed by atoms with Crippen molar-refractivity contribution in [2.24, 2.45) is 0 Å². The molecule has 2 unspecified atom stereocenters. The number of carbonyl (C=O) groups is 5. The molecule has 2 atom stereocenters. The Bertz CT molecular complexity index is 473. The molecule has 0 bridgehead atoms. The van der Waals surface area contributed by atoms with Crippen molar-refractivity contribution < 1.29 is 54.2 Å². The van der Waals surface area contributed by atoms with Crippen molar-refractivity contribution in [3.05, 3.63) is 0 Å². The van der Waals surface area contributed by atoms with Gasteiger partial charge >= 0.3 is 55.6 Å². The average Bonchev–Trinajstić information content (AvgIpc) is 2.25. The molecule has 0 saturated carbocycles. The molecule has 0 fully saturated rings. The molecule has 0 rings (SSSR count). The Kier molecular flexibility index (Phi) is 9.93. The number of hydrogen-bond donors (Lipinski definition) is 3. The Morgan fingerprint density at radius 3 is 1.86 bits per heavy atom. The summed E-state index contributed by atoms with van der Waals surface area (Å²) in [6.07, 6.45) is -6.26. The topological polar surface area (TPSA) is 201 Å². The minimum absolute atomic E-state index is 0. The molecule has 0 aromatic carbocycles. The van der Waals surface area contributed by atoms with Crippen molar-refractivity contribution in [3.8, 4) is 0 Å². The van der Waals surface area contributed by atoms with E-state index in [-0.39, 0.29) is 37.7 Å². The van der Waals surface area contributed by atoms with Gasteiger partial charge in [-0.25, -0.2) is 4.79 Å². The van der Waals surface area contributed by atoms with Gasteiger partial charge in [-0.05, 0) is 0 Å². The van der Waals surface area contributed by atoms with Gasteiger partial charge in [0.05, 0.1) is 18.8 Å². The second-order valence-electron chi connectivity index (χ2n) is 3.96. The SMILES string of the molecule is O=C([O-])CC(OC(=O)CC(O)(CC(=O)O)C(=O)O)C(=O)[O-].[Ca+2]. The summed E-state index contributed by atoms with van der Waals surface area (Å²) in [5.41, 5.74) is -3.03. The van der Waals surface area contributed by atoms with E-state index in [9.17, 15) is 39.3 Å². The fourth-order valence-corrected chi connectivity index (χ4v) is 1.23. The molecule has 0 radical (unpaired) electrons. The van der Waals surface area contributed by atoms with Crippen molar-refractivity contribution >= 4 is 67.6 Å². The first-order chi connectivity index (χ1) is 9.47. The Balaban J connectivity index is 0. The fraction of sp³-hybridized carbons (Fsp3) is 0.500.